The maximum absolute atomic E-state index is 15.0. The molecule has 0 atom stereocenters. The molecule has 0 saturated carbocycles. The van der Waals surface area contributed by atoms with E-state index >= 15 is 0 Å². The van der Waals surface area contributed by atoms with Gasteiger partial charge >= 0.3 is 6.18 Å². The molecule has 2 aromatic heterocycles. The lowest BCUT2D eigenvalue weighted by molar-refractivity contribution is -0.127. The molecule has 0 aliphatic carbocycles. The predicted molar refractivity (Wildman–Crippen MR) is 120 cm³/mol. The van der Waals surface area contributed by atoms with Crippen LogP contribution in [0.25, 0.3) is 22.2 Å². The number of halogens is 5. The van der Waals surface area contributed by atoms with Crippen LogP contribution in [0.2, 0.25) is 18.1 Å². The van der Waals surface area contributed by atoms with Gasteiger partial charge in [0, 0.05) is 11.8 Å². The van der Waals surface area contributed by atoms with Crippen LogP contribution >= 0.6 is 22.6 Å². The molecule has 1 aromatic carbocycles. The minimum Gasteiger partial charge on any atom is -0.542 e. The van der Waals surface area contributed by atoms with Crippen molar-refractivity contribution in [2.24, 2.45) is 0 Å². The highest BCUT2D eigenvalue weighted by atomic mass is 127. The van der Waals surface area contributed by atoms with E-state index in [1.807, 2.05) is 33.9 Å². The van der Waals surface area contributed by atoms with E-state index in [1.54, 1.807) is 6.07 Å². The van der Waals surface area contributed by atoms with Crippen molar-refractivity contribution in [3.63, 3.8) is 0 Å². The smallest absolute Gasteiger partial charge is 0.393 e. The van der Waals surface area contributed by atoms with Crippen molar-refractivity contribution in [1.82, 2.24) is 15.2 Å². The van der Waals surface area contributed by atoms with Gasteiger partial charge in [0.1, 0.15) is 9.45 Å². The number of aromatic amines is 1. The average Bonchev–Trinajstić information content (AvgIpc) is 2.95. The molecular weight excluding hydrogens is 529 g/mol. The van der Waals surface area contributed by atoms with Gasteiger partial charge in [0.15, 0.2) is 5.82 Å². The number of benzene rings is 1. The van der Waals surface area contributed by atoms with Gasteiger partial charge in [0.25, 0.3) is 8.32 Å². The van der Waals surface area contributed by atoms with Crippen LogP contribution in [0.4, 0.5) is 17.6 Å². The summed E-state index contributed by atoms with van der Waals surface area (Å²) >= 11 is 2.05. The van der Waals surface area contributed by atoms with Crippen LogP contribution in [0, 0.1) is 9.52 Å². The molecule has 0 aliphatic heterocycles. The fraction of sp³-hybridized carbons (Fsp3) is 0.400. The van der Waals surface area contributed by atoms with E-state index in [-0.39, 0.29) is 27.6 Å². The molecule has 0 saturated heterocycles. The SMILES string of the molecule is CC(C)(C)[Si](C)(C)Oc1cc(CC(F)(F)F)c(-c2cc3n[nH]c(I)c3cn2)cc1F. The highest BCUT2D eigenvalue weighted by Gasteiger charge is 2.40. The molecule has 30 heavy (non-hydrogen) atoms. The largest absolute Gasteiger partial charge is 0.542 e. The summed E-state index contributed by atoms with van der Waals surface area (Å²) in [7, 11) is -2.44. The second-order valence-electron chi connectivity index (χ2n) is 8.72. The molecule has 3 rings (SSSR count). The third kappa shape index (κ3) is 4.79. The van der Waals surface area contributed by atoms with E-state index in [9.17, 15) is 17.6 Å². The topological polar surface area (TPSA) is 50.8 Å². The number of rotatable bonds is 4. The van der Waals surface area contributed by atoms with Crippen molar-refractivity contribution in [3.05, 3.63) is 39.5 Å². The molecule has 0 bridgehead atoms. The molecule has 10 heteroatoms. The Morgan fingerprint density at radius 1 is 1.13 bits per heavy atom. The molecule has 4 nitrogen and oxygen atoms in total. The highest BCUT2D eigenvalue weighted by molar-refractivity contribution is 14.1. The third-order valence-electron chi connectivity index (χ3n) is 5.39. The van der Waals surface area contributed by atoms with E-state index in [4.69, 9.17) is 4.43 Å². The lowest BCUT2D eigenvalue weighted by Gasteiger charge is -2.36. The van der Waals surface area contributed by atoms with Gasteiger partial charge < -0.3 is 4.43 Å². The van der Waals surface area contributed by atoms with Gasteiger partial charge in [-0.1, -0.05) is 20.8 Å². The monoisotopic (exact) mass is 551 g/mol. The molecule has 0 fully saturated rings. The molecule has 2 heterocycles. The number of aromatic nitrogens is 3. The number of nitrogens with one attached hydrogen (secondary N) is 1. The summed E-state index contributed by atoms with van der Waals surface area (Å²) in [6.45, 7) is 9.77. The first-order chi connectivity index (χ1) is 13.7. The summed E-state index contributed by atoms with van der Waals surface area (Å²) in [5.74, 6) is -0.862. The Balaban J connectivity index is 2.13. The highest BCUT2D eigenvalue weighted by Crippen LogP contribution is 2.40. The van der Waals surface area contributed by atoms with Crippen LogP contribution in [0.5, 0.6) is 5.75 Å². The van der Waals surface area contributed by atoms with Crippen LogP contribution in [0.15, 0.2) is 24.4 Å². The van der Waals surface area contributed by atoms with Crippen molar-refractivity contribution in [2.75, 3.05) is 0 Å². The van der Waals surface area contributed by atoms with Gasteiger partial charge in [-0.3, -0.25) is 10.1 Å². The number of alkyl halides is 3. The summed E-state index contributed by atoms with van der Waals surface area (Å²) in [5, 5.41) is 7.43. The molecular formula is C20H22F4IN3OSi. The van der Waals surface area contributed by atoms with Crippen molar-refractivity contribution in [1.29, 1.82) is 0 Å². The quantitative estimate of drug-likeness (QED) is 0.219. The second kappa shape index (κ2) is 7.77. The summed E-state index contributed by atoms with van der Waals surface area (Å²) < 4.78 is 61.6. The predicted octanol–water partition coefficient (Wildman–Crippen LogP) is 6.86. The maximum Gasteiger partial charge on any atom is 0.393 e. The number of hydrogen-bond donors (Lipinski definition) is 1. The third-order valence-corrected chi connectivity index (χ3v) is 10.6. The van der Waals surface area contributed by atoms with E-state index in [2.05, 4.69) is 37.8 Å². The summed E-state index contributed by atoms with van der Waals surface area (Å²) in [6.07, 6.45) is -4.16. The lowest BCUT2D eigenvalue weighted by atomic mass is 10.00. The number of nitrogens with zero attached hydrogens (tertiary/aromatic N) is 2. The van der Waals surface area contributed by atoms with Crippen molar-refractivity contribution in [2.45, 2.75) is 51.5 Å². The Bertz CT molecular complexity index is 1090. The van der Waals surface area contributed by atoms with E-state index in [1.165, 1.54) is 12.3 Å². The first-order valence-corrected chi connectivity index (χ1v) is 13.2. The zero-order valence-electron chi connectivity index (χ0n) is 17.2. The Morgan fingerprint density at radius 3 is 2.40 bits per heavy atom. The lowest BCUT2D eigenvalue weighted by Crippen LogP contribution is -2.44. The first-order valence-electron chi connectivity index (χ1n) is 9.26. The molecule has 0 amide bonds. The van der Waals surface area contributed by atoms with Crippen LogP contribution in [-0.4, -0.2) is 29.7 Å². The number of pyridine rings is 1. The van der Waals surface area contributed by atoms with Gasteiger partial charge in [-0.25, -0.2) is 4.39 Å². The van der Waals surface area contributed by atoms with E-state index in [0.717, 1.165) is 15.2 Å². The molecule has 0 spiro atoms. The first kappa shape index (κ1) is 23.0. The van der Waals surface area contributed by atoms with Crippen LogP contribution in [0.3, 0.4) is 0 Å². The Morgan fingerprint density at radius 2 is 1.80 bits per heavy atom. The molecule has 3 aromatic rings. The Kier molecular flexibility index (Phi) is 5.95. The van der Waals surface area contributed by atoms with E-state index < -0.39 is 26.7 Å². The second-order valence-corrected chi connectivity index (χ2v) is 14.5. The van der Waals surface area contributed by atoms with E-state index in [0.29, 0.717) is 5.52 Å². The number of fused-ring (bicyclic) bond motifs is 1. The van der Waals surface area contributed by atoms with Crippen LogP contribution in [0.1, 0.15) is 26.3 Å². The fourth-order valence-electron chi connectivity index (χ4n) is 2.73. The number of H-pyrrole nitrogens is 1. The van der Waals surface area contributed by atoms with Crippen molar-refractivity contribution in [3.8, 4) is 17.0 Å². The Labute approximate surface area is 186 Å². The zero-order valence-corrected chi connectivity index (χ0v) is 20.4. The Hall–Kier alpha value is -1.69. The van der Waals surface area contributed by atoms with Crippen LogP contribution < -0.4 is 4.43 Å². The summed E-state index contributed by atoms with van der Waals surface area (Å²) in [5.41, 5.74) is 0.758. The fourth-order valence-corrected chi connectivity index (χ4v) is 4.27. The molecule has 0 unspecified atom stereocenters. The zero-order chi connectivity index (χ0) is 22.5. The molecule has 1 N–H and O–H groups in total. The minimum atomic E-state index is -4.47. The molecule has 162 valence electrons. The standard InChI is InChI=1S/C20H22F4IN3OSi/c1-19(2,3)30(4,5)29-17-6-11(9-20(22,23)24)12(7-14(17)21)15-8-16-13(10-26-15)18(25)28-27-16/h6-8,10H,9H2,1-5H3,(H,27,28). The molecule has 0 radical (unpaired) electrons. The minimum absolute atomic E-state index is 0.0762. The summed E-state index contributed by atoms with van der Waals surface area (Å²) in [6, 6.07) is 3.80. The van der Waals surface area contributed by atoms with Crippen molar-refractivity contribution >= 4 is 41.8 Å². The normalized spacial score (nSPS) is 13.1. The molecule has 0 aliphatic rings. The summed E-state index contributed by atoms with van der Waals surface area (Å²) in [4.78, 5) is 4.25. The van der Waals surface area contributed by atoms with Crippen molar-refractivity contribution < 1.29 is 22.0 Å². The van der Waals surface area contributed by atoms with Gasteiger partial charge in [-0.2, -0.15) is 18.3 Å². The maximum atomic E-state index is 15.0. The van der Waals surface area contributed by atoms with Crippen LogP contribution in [-0.2, 0) is 6.42 Å². The van der Waals surface area contributed by atoms with Gasteiger partial charge in [0.2, 0.25) is 0 Å². The number of hydrogen-bond acceptors (Lipinski definition) is 3. The van der Waals surface area contributed by atoms with Gasteiger partial charge in [-0.15, -0.1) is 0 Å². The average molecular weight is 551 g/mol. The van der Waals surface area contributed by atoms with Gasteiger partial charge in [-0.05, 0) is 64.5 Å². The van der Waals surface area contributed by atoms with Gasteiger partial charge in [0.05, 0.1) is 23.0 Å².